The van der Waals surface area contributed by atoms with Crippen LogP contribution in [0.4, 0.5) is 0 Å². The molecule has 0 aromatic rings. The zero-order valence-electron chi connectivity index (χ0n) is 9.43. The summed E-state index contributed by atoms with van der Waals surface area (Å²) in [5, 5.41) is 0. The average molecular weight is 171 g/mol. The van der Waals surface area contributed by atoms with Gasteiger partial charge in [-0.2, -0.15) is 0 Å². The topological polar surface area (TPSA) is 3.24 Å². The van der Waals surface area contributed by atoms with E-state index in [0.717, 1.165) is 5.92 Å². The summed E-state index contributed by atoms with van der Waals surface area (Å²) in [5.41, 5.74) is 0. The van der Waals surface area contributed by atoms with Crippen molar-refractivity contribution in [3.05, 3.63) is 0 Å². The van der Waals surface area contributed by atoms with Gasteiger partial charge in [0.1, 0.15) is 0 Å². The molecule has 74 valence electrons. The van der Waals surface area contributed by atoms with Crippen LogP contribution in [0.5, 0.6) is 0 Å². The molecule has 0 rings (SSSR count). The van der Waals surface area contributed by atoms with Crippen molar-refractivity contribution in [1.29, 1.82) is 0 Å². The van der Waals surface area contributed by atoms with E-state index >= 15 is 0 Å². The predicted molar refractivity (Wildman–Crippen MR) is 56.5 cm³/mol. The minimum absolute atomic E-state index is 0.712. The van der Waals surface area contributed by atoms with Crippen molar-refractivity contribution >= 4 is 0 Å². The first-order valence-corrected chi connectivity index (χ1v) is 5.32. The lowest BCUT2D eigenvalue weighted by Gasteiger charge is -2.26. The van der Waals surface area contributed by atoms with E-state index in [1.807, 2.05) is 0 Å². The maximum atomic E-state index is 2.57. The van der Waals surface area contributed by atoms with Crippen LogP contribution in [0.2, 0.25) is 0 Å². The van der Waals surface area contributed by atoms with E-state index in [-0.39, 0.29) is 0 Å². The van der Waals surface area contributed by atoms with Gasteiger partial charge in [-0.3, -0.25) is 0 Å². The molecule has 0 aromatic heterocycles. The number of rotatable bonds is 6. The minimum atomic E-state index is 0.712. The van der Waals surface area contributed by atoms with Crippen molar-refractivity contribution in [3.8, 4) is 0 Å². The van der Waals surface area contributed by atoms with Gasteiger partial charge in [-0.1, -0.05) is 20.8 Å². The Kier molecular flexibility index (Phi) is 6.45. The van der Waals surface area contributed by atoms with E-state index in [0.29, 0.717) is 6.04 Å². The Morgan fingerprint density at radius 3 is 1.92 bits per heavy atom. The summed E-state index contributed by atoms with van der Waals surface area (Å²) in [6.07, 6.45) is 2.61. The first kappa shape index (κ1) is 12.0. The monoisotopic (exact) mass is 171 g/mol. The first-order valence-electron chi connectivity index (χ1n) is 5.32. The van der Waals surface area contributed by atoms with Gasteiger partial charge < -0.3 is 4.90 Å². The molecule has 0 bridgehead atoms. The molecule has 0 saturated heterocycles. The van der Waals surface area contributed by atoms with Crippen LogP contribution in [-0.2, 0) is 0 Å². The van der Waals surface area contributed by atoms with E-state index < -0.39 is 0 Å². The second-order valence-corrected chi connectivity index (χ2v) is 4.31. The van der Waals surface area contributed by atoms with E-state index in [9.17, 15) is 0 Å². The average Bonchev–Trinajstić information content (AvgIpc) is 1.96. The van der Waals surface area contributed by atoms with E-state index in [1.54, 1.807) is 0 Å². The lowest BCUT2D eigenvalue weighted by molar-refractivity contribution is 0.210. The van der Waals surface area contributed by atoms with Crippen LogP contribution in [0.3, 0.4) is 0 Å². The van der Waals surface area contributed by atoms with Crippen LogP contribution in [-0.4, -0.2) is 24.0 Å². The Hall–Kier alpha value is -0.0400. The van der Waals surface area contributed by atoms with Crippen LogP contribution in [0.1, 0.15) is 47.5 Å². The fourth-order valence-electron chi connectivity index (χ4n) is 1.34. The third kappa shape index (κ3) is 5.59. The molecule has 0 heterocycles. The summed E-state index contributed by atoms with van der Waals surface area (Å²) in [7, 11) is 0. The maximum absolute atomic E-state index is 2.57. The highest BCUT2D eigenvalue weighted by Gasteiger charge is 2.07. The number of hydrogen-bond acceptors (Lipinski definition) is 1. The van der Waals surface area contributed by atoms with Gasteiger partial charge >= 0.3 is 0 Å². The summed E-state index contributed by atoms with van der Waals surface area (Å²) >= 11 is 0. The second-order valence-electron chi connectivity index (χ2n) is 4.31. The van der Waals surface area contributed by atoms with Crippen molar-refractivity contribution < 1.29 is 0 Å². The lowest BCUT2D eigenvalue weighted by atomic mass is 10.1. The Labute approximate surface area is 78.1 Å². The minimum Gasteiger partial charge on any atom is -0.301 e. The van der Waals surface area contributed by atoms with Gasteiger partial charge in [-0.05, 0) is 45.7 Å². The van der Waals surface area contributed by atoms with Gasteiger partial charge in [0.05, 0.1) is 0 Å². The Morgan fingerprint density at radius 2 is 1.58 bits per heavy atom. The molecule has 12 heavy (non-hydrogen) atoms. The van der Waals surface area contributed by atoms with Crippen molar-refractivity contribution in [2.45, 2.75) is 53.5 Å². The smallest absolute Gasteiger partial charge is 0.00385 e. The summed E-state index contributed by atoms with van der Waals surface area (Å²) in [6.45, 7) is 13.9. The second kappa shape index (κ2) is 6.47. The largest absolute Gasteiger partial charge is 0.301 e. The molecule has 1 heteroatoms. The molecule has 0 N–H and O–H groups in total. The highest BCUT2D eigenvalue weighted by atomic mass is 15.1. The van der Waals surface area contributed by atoms with Gasteiger partial charge in [0.2, 0.25) is 0 Å². The van der Waals surface area contributed by atoms with Crippen LogP contribution in [0.25, 0.3) is 0 Å². The predicted octanol–water partition coefficient (Wildman–Crippen LogP) is 3.15. The molecular weight excluding hydrogens is 146 g/mol. The molecule has 0 radical (unpaired) electrons. The summed E-state index contributed by atoms with van der Waals surface area (Å²) in [6, 6.07) is 0.712. The van der Waals surface area contributed by atoms with E-state index in [4.69, 9.17) is 0 Å². The van der Waals surface area contributed by atoms with E-state index in [2.05, 4.69) is 39.5 Å². The zero-order valence-corrected chi connectivity index (χ0v) is 9.43. The number of nitrogens with zero attached hydrogens (tertiary/aromatic N) is 1. The van der Waals surface area contributed by atoms with Gasteiger partial charge in [-0.15, -0.1) is 0 Å². The third-order valence-corrected chi connectivity index (χ3v) is 2.23. The molecule has 0 aliphatic carbocycles. The van der Waals surface area contributed by atoms with Gasteiger partial charge in [0.25, 0.3) is 0 Å². The van der Waals surface area contributed by atoms with Gasteiger partial charge in [-0.25, -0.2) is 0 Å². The molecular formula is C11H25N. The molecule has 0 amide bonds. The molecule has 0 aromatic carbocycles. The molecule has 0 aliphatic rings. The molecule has 0 spiro atoms. The fourth-order valence-corrected chi connectivity index (χ4v) is 1.34. The zero-order chi connectivity index (χ0) is 9.56. The standard InChI is InChI=1S/C11H25N/c1-6-8-12(11(4)5)9-7-10(2)3/h10-11H,6-9H2,1-5H3. The Morgan fingerprint density at radius 1 is 1.00 bits per heavy atom. The van der Waals surface area contributed by atoms with Gasteiger partial charge in [0.15, 0.2) is 0 Å². The molecule has 0 aliphatic heterocycles. The molecule has 0 unspecified atom stereocenters. The van der Waals surface area contributed by atoms with Crippen LogP contribution in [0.15, 0.2) is 0 Å². The van der Waals surface area contributed by atoms with Crippen LogP contribution >= 0.6 is 0 Å². The maximum Gasteiger partial charge on any atom is 0.00385 e. The van der Waals surface area contributed by atoms with Crippen LogP contribution in [0, 0.1) is 5.92 Å². The first-order chi connectivity index (χ1) is 5.57. The molecule has 1 nitrogen and oxygen atoms in total. The summed E-state index contributed by atoms with van der Waals surface area (Å²) < 4.78 is 0. The number of hydrogen-bond donors (Lipinski definition) is 0. The normalized spacial score (nSPS) is 12.0. The van der Waals surface area contributed by atoms with Crippen molar-refractivity contribution in [3.63, 3.8) is 0 Å². The third-order valence-electron chi connectivity index (χ3n) is 2.23. The molecule has 0 atom stereocenters. The van der Waals surface area contributed by atoms with Crippen LogP contribution < -0.4 is 0 Å². The van der Waals surface area contributed by atoms with Gasteiger partial charge in [0, 0.05) is 6.04 Å². The Balaban J connectivity index is 3.63. The summed E-state index contributed by atoms with van der Waals surface area (Å²) in [4.78, 5) is 2.57. The van der Waals surface area contributed by atoms with E-state index in [1.165, 1.54) is 25.9 Å². The highest BCUT2D eigenvalue weighted by Crippen LogP contribution is 2.05. The molecule has 0 saturated carbocycles. The Bertz CT molecular complexity index is 97.2. The van der Waals surface area contributed by atoms with Crippen molar-refractivity contribution in [2.24, 2.45) is 5.92 Å². The fraction of sp³-hybridized carbons (Fsp3) is 1.00. The molecule has 0 fully saturated rings. The van der Waals surface area contributed by atoms with Crippen molar-refractivity contribution in [1.82, 2.24) is 4.90 Å². The highest BCUT2D eigenvalue weighted by molar-refractivity contribution is 4.62. The SMILES string of the molecule is CCCN(CCC(C)C)C(C)C. The summed E-state index contributed by atoms with van der Waals surface area (Å²) in [5.74, 6) is 0.836. The van der Waals surface area contributed by atoms with Crippen molar-refractivity contribution in [2.75, 3.05) is 13.1 Å². The quantitative estimate of drug-likeness (QED) is 0.593. The lowest BCUT2D eigenvalue weighted by Crippen LogP contribution is -2.33.